The molecule has 1 aliphatic heterocycles. The minimum absolute atomic E-state index is 0.0128. The van der Waals surface area contributed by atoms with Crippen molar-refractivity contribution in [2.75, 3.05) is 19.7 Å². The molecule has 1 aliphatic rings. The second-order valence-electron chi connectivity index (χ2n) is 4.90. The number of amides is 1. The number of piperidine rings is 1. The number of aliphatic hydroxyl groups is 1. The van der Waals surface area contributed by atoms with Crippen molar-refractivity contribution in [2.45, 2.75) is 19.3 Å². The molecular formula is C14H17Cl2NO2. The largest absolute Gasteiger partial charge is 0.396 e. The first kappa shape index (κ1) is 14.6. The molecule has 1 aromatic carbocycles. The number of hydrogen-bond acceptors (Lipinski definition) is 2. The van der Waals surface area contributed by atoms with Crippen LogP contribution in [0.3, 0.4) is 0 Å². The molecule has 1 heterocycles. The van der Waals surface area contributed by atoms with Gasteiger partial charge in [-0.15, -0.1) is 0 Å². The molecule has 104 valence electrons. The second kappa shape index (κ2) is 6.60. The molecular weight excluding hydrogens is 285 g/mol. The lowest BCUT2D eigenvalue weighted by atomic mass is 9.94. The van der Waals surface area contributed by atoms with Crippen LogP contribution in [-0.4, -0.2) is 35.6 Å². The molecule has 5 heteroatoms. The van der Waals surface area contributed by atoms with Crippen LogP contribution in [-0.2, 0) is 0 Å². The van der Waals surface area contributed by atoms with Gasteiger partial charge in [0.2, 0.25) is 0 Å². The van der Waals surface area contributed by atoms with Gasteiger partial charge in [-0.2, -0.15) is 0 Å². The van der Waals surface area contributed by atoms with Gasteiger partial charge in [-0.3, -0.25) is 4.79 Å². The van der Waals surface area contributed by atoms with Crippen LogP contribution in [0.5, 0.6) is 0 Å². The number of benzene rings is 1. The van der Waals surface area contributed by atoms with Crippen LogP contribution >= 0.6 is 23.2 Å². The van der Waals surface area contributed by atoms with Gasteiger partial charge in [0.15, 0.2) is 0 Å². The van der Waals surface area contributed by atoms with Gasteiger partial charge in [-0.1, -0.05) is 23.2 Å². The summed E-state index contributed by atoms with van der Waals surface area (Å²) >= 11 is 11.8. The Morgan fingerprint density at radius 3 is 2.84 bits per heavy atom. The maximum Gasteiger partial charge on any atom is 0.253 e. The lowest BCUT2D eigenvalue weighted by Gasteiger charge is -2.32. The highest BCUT2D eigenvalue weighted by Crippen LogP contribution is 2.25. The lowest BCUT2D eigenvalue weighted by Crippen LogP contribution is -2.40. The number of rotatable bonds is 3. The van der Waals surface area contributed by atoms with E-state index >= 15 is 0 Å². The maximum absolute atomic E-state index is 12.4. The zero-order chi connectivity index (χ0) is 13.8. The van der Waals surface area contributed by atoms with E-state index in [1.165, 1.54) is 0 Å². The van der Waals surface area contributed by atoms with Crippen LogP contribution in [0.2, 0.25) is 10.0 Å². The van der Waals surface area contributed by atoms with Gasteiger partial charge in [0.25, 0.3) is 5.91 Å². The molecule has 2 rings (SSSR count). The Labute approximate surface area is 123 Å². The molecule has 0 bridgehead atoms. The Bertz CT molecular complexity index is 463. The summed E-state index contributed by atoms with van der Waals surface area (Å²) in [4.78, 5) is 14.2. The molecule has 1 amide bonds. The van der Waals surface area contributed by atoms with Crippen molar-refractivity contribution >= 4 is 29.1 Å². The SMILES string of the molecule is O=C(c1ccc(Cl)c(Cl)c1)N1CCCC(CCO)C1. The topological polar surface area (TPSA) is 40.5 Å². The minimum atomic E-state index is -0.0128. The monoisotopic (exact) mass is 301 g/mol. The molecule has 3 nitrogen and oxygen atoms in total. The Kier molecular flexibility index (Phi) is 5.08. The average Bonchev–Trinajstić information content (AvgIpc) is 2.42. The first-order valence-electron chi connectivity index (χ1n) is 6.47. The van der Waals surface area contributed by atoms with Gasteiger partial charge in [0.05, 0.1) is 10.0 Å². The molecule has 0 aromatic heterocycles. The van der Waals surface area contributed by atoms with Crippen molar-refractivity contribution in [3.8, 4) is 0 Å². The predicted octanol–water partition coefficient (Wildman–Crippen LogP) is 3.23. The van der Waals surface area contributed by atoms with E-state index in [9.17, 15) is 4.79 Å². The molecule has 0 radical (unpaired) electrons. The normalized spacial score (nSPS) is 19.5. The summed E-state index contributed by atoms with van der Waals surface area (Å²) < 4.78 is 0. The third-order valence-electron chi connectivity index (χ3n) is 3.51. The summed E-state index contributed by atoms with van der Waals surface area (Å²) in [5.74, 6) is 0.381. The highest BCUT2D eigenvalue weighted by molar-refractivity contribution is 6.42. The van der Waals surface area contributed by atoms with Crippen molar-refractivity contribution in [3.63, 3.8) is 0 Å². The van der Waals surface area contributed by atoms with Crippen molar-refractivity contribution in [1.29, 1.82) is 0 Å². The zero-order valence-electron chi connectivity index (χ0n) is 10.6. The molecule has 1 aromatic rings. The van der Waals surface area contributed by atoms with E-state index in [1.54, 1.807) is 18.2 Å². The summed E-state index contributed by atoms with van der Waals surface area (Å²) in [5, 5.41) is 9.84. The Hall–Kier alpha value is -0.770. The van der Waals surface area contributed by atoms with Crippen LogP contribution in [0.4, 0.5) is 0 Å². The summed E-state index contributed by atoms with van der Waals surface area (Å²) in [6.07, 6.45) is 2.81. The van der Waals surface area contributed by atoms with Gasteiger partial charge < -0.3 is 10.0 Å². The van der Waals surface area contributed by atoms with Crippen LogP contribution in [0.25, 0.3) is 0 Å². The molecule has 0 saturated carbocycles. The summed E-state index contributed by atoms with van der Waals surface area (Å²) in [6, 6.07) is 4.96. The molecule has 0 aliphatic carbocycles. The second-order valence-corrected chi connectivity index (χ2v) is 5.71. The fourth-order valence-corrected chi connectivity index (χ4v) is 2.78. The quantitative estimate of drug-likeness (QED) is 0.931. The van der Waals surface area contributed by atoms with E-state index < -0.39 is 0 Å². The van der Waals surface area contributed by atoms with Crippen molar-refractivity contribution < 1.29 is 9.90 Å². The van der Waals surface area contributed by atoms with Gasteiger partial charge in [-0.25, -0.2) is 0 Å². The summed E-state index contributed by atoms with van der Waals surface area (Å²) in [5.41, 5.74) is 0.569. The van der Waals surface area contributed by atoms with Crippen molar-refractivity contribution in [3.05, 3.63) is 33.8 Å². The van der Waals surface area contributed by atoms with Crippen molar-refractivity contribution in [2.24, 2.45) is 5.92 Å². The highest BCUT2D eigenvalue weighted by atomic mass is 35.5. The van der Waals surface area contributed by atoms with E-state index in [0.29, 0.717) is 28.1 Å². The van der Waals surface area contributed by atoms with Gasteiger partial charge in [-0.05, 0) is 43.4 Å². The van der Waals surface area contributed by atoms with E-state index in [4.69, 9.17) is 28.3 Å². The maximum atomic E-state index is 12.4. The number of hydrogen-bond donors (Lipinski definition) is 1. The number of nitrogens with zero attached hydrogens (tertiary/aromatic N) is 1. The fourth-order valence-electron chi connectivity index (χ4n) is 2.48. The molecule has 1 fully saturated rings. The van der Waals surface area contributed by atoms with E-state index in [0.717, 1.165) is 25.8 Å². The van der Waals surface area contributed by atoms with Gasteiger partial charge in [0.1, 0.15) is 0 Å². The van der Waals surface area contributed by atoms with Crippen LogP contribution < -0.4 is 0 Å². The third kappa shape index (κ3) is 3.62. The minimum Gasteiger partial charge on any atom is -0.396 e. The van der Waals surface area contributed by atoms with E-state index in [2.05, 4.69) is 0 Å². The molecule has 1 saturated heterocycles. The lowest BCUT2D eigenvalue weighted by molar-refractivity contribution is 0.0653. The highest BCUT2D eigenvalue weighted by Gasteiger charge is 2.24. The number of aliphatic hydroxyl groups excluding tert-OH is 1. The average molecular weight is 302 g/mol. The standard InChI is InChI=1S/C14H17Cl2NO2/c15-12-4-3-11(8-13(12)16)14(19)17-6-1-2-10(9-17)5-7-18/h3-4,8,10,18H,1-2,5-7,9H2. The molecule has 1 unspecified atom stereocenters. The Balaban J connectivity index is 2.08. The third-order valence-corrected chi connectivity index (χ3v) is 4.25. The van der Waals surface area contributed by atoms with Crippen LogP contribution in [0.15, 0.2) is 18.2 Å². The van der Waals surface area contributed by atoms with Gasteiger partial charge in [0, 0.05) is 25.3 Å². The molecule has 1 atom stereocenters. The predicted molar refractivity (Wildman–Crippen MR) is 76.8 cm³/mol. The fraction of sp³-hybridized carbons (Fsp3) is 0.500. The van der Waals surface area contributed by atoms with Gasteiger partial charge >= 0.3 is 0 Å². The number of carbonyl (C=O) groups excluding carboxylic acids is 1. The summed E-state index contributed by atoms with van der Waals surface area (Å²) in [7, 11) is 0. The van der Waals surface area contributed by atoms with Crippen molar-refractivity contribution in [1.82, 2.24) is 4.90 Å². The zero-order valence-corrected chi connectivity index (χ0v) is 12.1. The van der Waals surface area contributed by atoms with Crippen LogP contribution in [0, 0.1) is 5.92 Å². The number of likely N-dealkylation sites (tertiary alicyclic amines) is 1. The van der Waals surface area contributed by atoms with Crippen LogP contribution in [0.1, 0.15) is 29.6 Å². The number of carbonyl (C=O) groups is 1. The number of halogens is 2. The van der Waals surface area contributed by atoms with E-state index in [-0.39, 0.29) is 12.5 Å². The first-order chi connectivity index (χ1) is 9.11. The molecule has 1 N–H and O–H groups in total. The smallest absolute Gasteiger partial charge is 0.253 e. The Morgan fingerprint density at radius 1 is 1.37 bits per heavy atom. The summed E-state index contributed by atoms with van der Waals surface area (Å²) in [6.45, 7) is 1.65. The van der Waals surface area contributed by atoms with E-state index in [1.807, 2.05) is 4.90 Å². The molecule has 0 spiro atoms. The Morgan fingerprint density at radius 2 is 2.16 bits per heavy atom. The first-order valence-corrected chi connectivity index (χ1v) is 7.22. The molecule has 19 heavy (non-hydrogen) atoms.